The molecule has 3 aromatic rings. The van der Waals surface area contributed by atoms with E-state index in [9.17, 15) is 18.0 Å². The molecule has 35 heavy (non-hydrogen) atoms. The Kier molecular flexibility index (Phi) is 7.03. The van der Waals surface area contributed by atoms with E-state index in [1.165, 1.54) is 18.2 Å². The van der Waals surface area contributed by atoms with E-state index < -0.39 is 21.8 Å². The molecule has 186 valence electrons. The van der Waals surface area contributed by atoms with Crippen molar-refractivity contribution in [3.8, 4) is 11.1 Å². The van der Waals surface area contributed by atoms with Crippen molar-refractivity contribution in [2.75, 3.05) is 44.4 Å². The Balaban J connectivity index is 1.88. The summed E-state index contributed by atoms with van der Waals surface area (Å²) in [6, 6.07) is 7.86. The maximum Gasteiger partial charge on any atom is 0.249 e. The molecule has 2 amide bonds. The fourth-order valence-electron chi connectivity index (χ4n) is 4.07. The lowest BCUT2D eigenvalue weighted by atomic mass is 9.95. The molecule has 0 unspecified atom stereocenters. The molecule has 2 aromatic carbocycles. The maximum atomic E-state index is 12.5. The van der Waals surface area contributed by atoms with Crippen LogP contribution in [0, 0.1) is 0 Å². The highest BCUT2D eigenvalue weighted by Gasteiger charge is 2.26. The highest BCUT2D eigenvalue weighted by molar-refractivity contribution is 7.89. The molecule has 1 aliphatic heterocycles. The number of carbonyl (C=O) groups is 2. The third kappa shape index (κ3) is 5.43. The van der Waals surface area contributed by atoms with Crippen LogP contribution >= 0.6 is 0 Å². The lowest BCUT2D eigenvalue weighted by Gasteiger charge is -2.31. The molecule has 1 aliphatic rings. The van der Waals surface area contributed by atoms with Crippen molar-refractivity contribution in [2.24, 2.45) is 16.6 Å². The van der Waals surface area contributed by atoms with Crippen molar-refractivity contribution in [1.82, 2.24) is 9.78 Å². The van der Waals surface area contributed by atoms with Gasteiger partial charge in [0.25, 0.3) is 0 Å². The summed E-state index contributed by atoms with van der Waals surface area (Å²) in [6.07, 6.45) is 1.76. The van der Waals surface area contributed by atoms with Gasteiger partial charge in [-0.2, -0.15) is 5.10 Å². The number of fused-ring (bicyclic) bond motifs is 1. The predicted molar refractivity (Wildman–Crippen MR) is 128 cm³/mol. The summed E-state index contributed by atoms with van der Waals surface area (Å²) in [5.41, 5.74) is 12.7. The highest BCUT2D eigenvalue weighted by atomic mass is 32.2. The van der Waals surface area contributed by atoms with Gasteiger partial charge in [0.15, 0.2) is 0 Å². The summed E-state index contributed by atoms with van der Waals surface area (Å²) in [5, 5.41) is 10.8. The number of primary amides is 2. The zero-order valence-electron chi connectivity index (χ0n) is 18.8. The molecule has 0 saturated carbocycles. The van der Waals surface area contributed by atoms with Crippen LogP contribution in [-0.2, 0) is 30.8 Å². The fourth-order valence-corrected chi connectivity index (χ4v) is 4.85. The van der Waals surface area contributed by atoms with E-state index in [-0.39, 0.29) is 29.2 Å². The Morgan fingerprint density at radius 1 is 1.14 bits per heavy atom. The molecule has 13 heteroatoms. The number of hydrogen-bond acceptors (Lipinski definition) is 8. The first-order valence-corrected chi connectivity index (χ1v) is 12.4. The van der Waals surface area contributed by atoms with Gasteiger partial charge in [0.05, 0.1) is 36.8 Å². The third-order valence-corrected chi connectivity index (χ3v) is 6.55. The molecule has 0 aliphatic carbocycles. The average Bonchev–Trinajstić information content (AvgIpc) is 3.22. The van der Waals surface area contributed by atoms with Crippen LogP contribution in [-0.4, -0.2) is 69.5 Å². The van der Waals surface area contributed by atoms with Crippen molar-refractivity contribution >= 4 is 38.4 Å². The van der Waals surface area contributed by atoms with Gasteiger partial charge in [0.2, 0.25) is 21.8 Å². The van der Waals surface area contributed by atoms with Crippen molar-refractivity contribution in [2.45, 2.75) is 11.4 Å². The van der Waals surface area contributed by atoms with Gasteiger partial charge >= 0.3 is 0 Å². The van der Waals surface area contributed by atoms with Crippen LogP contribution < -0.4 is 21.5 Å². The van der Waals surface area contributed by atoms with Gasteiger partial charge in [0.1, 0.15) is 6.61 Å². The van der Waals surface area contributed by atoms with Crippen LogP contribution in [0.3, 0.4) is 0 Å². The second-order valence-corrected chi connectivity index (χ2v) is 9.56. The molecular weight excluding hydrogens is 476 g/mol. The number of anilines is 1. The van der Waals surface area contributed by atoms with Gasteiger partial charge in [-0.25, -0.2) is 13.6 Å². The molecule has 12 nitrogen and oxygen atoms in total. The van der Waals surface area contributed by atoms with Crippen molar-refractivity contribution < 1.29 is 27.5 Å². The standard InChI is InChI=1S/C22H26N6O6S/c23-20(29)13-34-9-6-28-12-14-10-16(18(11-17(14)26-28)27-4-7-33-8-5-27)21-15(22(24)30)2-1-3-19(21)35(25,31)32/h1-3,10-12H,4-9,13H2,(H2,23,29)(H2,24,30)(H2,25,31,32). The van der Waals surface area contributed by atoms with Crippen LogP contribution in [0.5, 0.6) is 0 Å². The molecule has 1 aromatic heterocycles. The van der Waals surface area contributed by atoms with Gasteiger partial charge in [-0.3, -0.25) is 14.3 Å². The topological polar surface area (TPSA) is 186 Å². The number of aromatic nitrogens is 2. The number of primary sulfonamides is 1. The second kappa shape index (κ2) is 10.00. The molecule has 0 spiro atoms. The number of rotatable bonds is 9. The third-order valence-electron chi connectivity index (χ3n) is 5.60. The Bertz CT molecular complexity index is 1380. The molecule has 2 heterocycles. The van der Waals surface area contributed by atoms with Gasteiger partial charge in [-0.05, 0) is 24.3 Å². The molecule has 0 radical (unpaired) electrons. The summed E-state index contributed by atoms with van der Waals surface area (Å²) >= 11 is 0. The van der Waals surface area contributed by atoms with Gasteiger partial charge < -0.3 is 25.8 Å². The number of hydrogen-bond donors (Lipinski definition) is 3. The van der Waals surface area contributed by atoms with Crippen molar-refractivity contribution in [3.63, 3.8) is 0 Å². The van der Waals surface area contributed by atoms with Crippen LogP contribution in [0.2, 0.25) is 0 Å². The minimum absolute atomic E-state index is 0.0395. The lowest BCUT2D eigenvalue weighted by molar-refractivity contribution is -0.122. The number of ether oxygens (including phenoxy) is 2. The fraction of sp³-hybridized carbons (Fsp3) is 0.318. The molecular formula is C22H26N6O6S. The van der Waals surface area contributed by atoms with Crippen LogP contribution in [0.4, 0.5) is 5.69 Å². The number of morpholine rings is 1. The Labute approximate surface area is 201 Å². The van der Waals surface area contributed by atoms with Gasteiger partial charge in [-0.1, -0.05) is 6.07 Å². The van der Waals surface area contributed by atoms with Gasteiger partial charge in [-0.15, -0.1) is 0 Å². The van der Waals surface area contributed by atoms with E-state index in [4.69, 9.17) is 26.1 Å². The van der Waals surface area contributed by atoms with Crippen LogP contribution in [0.25, 0.3) is 22.0 Å². The van der Waals surface area contributed by atoms with Crippen LogP contribution in [0.1, 0.15) is 10.4 Å². The molecule has 1 saturated heterocycles. The SMILES string of the molecule is NC(=O)COCCn1cc2cc(-c3c(C(N)=O)cccc3S(N)(=O)=O)c(N3CCOCC3)cc2n1. The molecule has 0 bridgehead atoms. The summed E-state index contributed by atoms with van der Waals surface area (Å²) in [5.74, 6) is -1.34. The average molecular weight is 503 g/mol. The summed E-state index contributed by atoms with van der Waals surface area (Å²) < 4.78 is 37.3. The minimum Gasteiger partial charge on any atom is -0.378 e. The molecule has 0 atom stereocenters. The maximum absolute atomic E-state index is 12.5. The lowest BCUT2D eigenvalue weighted by Crippen LogP contribution is -2.36. The van der Waals surface area contributed by atoms with E-state index >= 15 is 0 Å². The van der Waals surface area contributed by atoms with E-state index in [2.05, 4.69) is 5.10 Å². The van der Waals surface area contributed by atoms with Gasteiger partial charge in [0, 0.05) is 47.1 Å². The quantitative estimate of drug-likeness (QED) is 0.335. The summed E-state index contributed by atoms with van der Waals surface area (Å²) in [6.45, 7) is 2.50. The first-order valence-electron chi connectivity index (χ1n) is 10.8. The molecule has 1 fully saturated rings. The van der Waals surface area contributed by atoms with E-state index in [1.54, 1.807) is 16.9 Å². The summed E-state index contributed by atoms with van der Waals surface area (Å²) in [4.78, 5) is 25.0. The van der Waals surface area contributed by atoms with Crippen LogP contribution in [0.15, 0.2) is 41.4 Å². The number of amides is 2. The highest BCUT2D eigenvalue weighted by Crippen LogP contribution is 2.40. The Hall–Kier alpha value is -3.52. The van der Waals surface area contributed by atoms with Crippen molar-refractivity contribution in [1.29, 1.82) is 0 Å². The smallest absolute Gasteiger partial charge is 0.249 e. The Morgan fingerprint density at radius 2 is 1.89 bits per heavy atom. The number of carbonyl (C=O) groups excluding carboxylic acids is 2. The number of nitrogens with zero attached hydrogens (tertiary/aromatic N) is 3. The number of benzene rings is 2. The second-order valence-electron chi connectivity index (χ2n) is 8.03. The van der Waals surface area contributed by atoms with E-state index in [0.717, 1.165) is 0 Å². The first-order chi connectivity index (χ1) is 16.6. The minimum atomic E-state index is -4.18. The zero-order valence-corrected chi connectivity index (χ0v) is 19.7. The number of nitrogens with two attached hydrogens (primary N) is 3. The Morgan fingerprint density at radius 3 is 2.54 bits per heavy atom. The largest absolute Gasteiger partial charge is 0.378 e. The molecule has 4 rings (SSSR count). The summed E-state index contributed by atoms with van der Waals surface area (Å²) in [7, 11) is -4.18. The zero-order chi connectivity index (χ0) is 25.2. The normalized spacial score (nSPS) is 14.4. The van der Waals surface area contributed by atoms with Crippen molar-refractivity contribution in [3.05, 3.63) is 42.1 Å². The first kappa shape index (κ1) is 24.6. The van der Waals surface area contributed by atoms with E-state index in [1.807, 2.05) is 11.0 Å². The number of sulfonamides is 1. The monoisotopic (exact) mass is 502 g/mol. The molecule has 6 N–H and O–H groups in total. The van der Waals surface area contributed by atoms with E-state index in [0.29, 0.717) is 55.0 Å². The predicted octanol–water partition coefficient (Wildman–Crippen LogP) is -0.212.